The van der Waals surface area contributed by atoms with Crippen LogP contribution in [0.1, 0.15) is 47.2 Å². The van der Waals surface area contributed by atoms with Gasteiger partial charge in [0.2, 0.25) is 5.91 Å². The van der Waals surface area contributed by atoms with Crippen LogP contribution in [0.25, 0.3) is 0 Å². The quantitative estimate of drug-likeness (QED) is 0.484. The van der Waals surface area contributed by atoms with Crippen LogP contribution in [-0.2, 0) is 11.2 Å². The molecule has 0 saturated carbocycles. The summed E-state index contributed by atoms with van der Waals surface area (Å²) in [7, 11) is 1.61. The molecule has 2 atom stereocenters. The summed E-state index contributed by atoms with van der Waals surface area (Å²) in [4.78, 5) is 12.7. The lowest BCUT2D eigenvalue weighted by Gasteiger charge is -2.26. The summed E-state index contributed by atoms with van der Waals surface area (Å²) in [5, 5.41) is 6.18. The van der Waals surface area contributed by atoms with E-state index in [0.29, 0.717) is 30.4 Å². The van der Waals surface area contributed by atoms with E-state index in [9.17, 15) is 13.6 Å². The molecule has 1 amide bonds. The summed E-state index contributed by atoms with van der Waals surface area (Å²) in [5.74, 6) is -0.624. The van der Waals surface area contributed by atoms with Gasteiger partial charge in [-0.25, -0.2) is 8.78 Å². The molecule has 0 heterocycles. The van der Waals surface area contributed by atoms with E-state index >= 15 is 0 Å². The van der Waals surface area contributed by atoms with E-state index in [2.05, 4.69) is 10.6 Å². The van der Waals surface area contributed by atoms with Crippen LogP contribution in [-0.4, -0.2) is 13.0 Å². The molecule has 0 bridgehead atoms. The number of aryl methyl sites for hydroxylation is 2. The van der Waals surface area contributed by atoms with Gasteiger partial charge in [0.05, 0.1) is 0 Å². The number of amides is 1. The third kappa shape index (κ3) is 5.98. The summed E-state index contributed by atoms with van der Waals surface area (Å²) in [6, 6.07) is 20.5. The topological polar surface area (TPSA) is 41.1 Å². The molecule has 3 nitrogen and oxygen atoms in total. The number of halogens is 2. The molecule has 162 valence electrons. The average Bonchev–Trinajstić information content (AvgIpc) is 2.79. The second-order valence-electron chi connectivity index (χ2n) is 7.67. The predicted octanol–water partition coefficient (Wildman–Crippen LogP) is 5.41. The number of carbonyl (C=O) groups is 1. The highest BCUT2D eigenvalue weighted by Gasteiger charge is 2.24. The van der Waals surface area contributed by atoms with Crippen LogP contribution in [0.15, 0.2) is 72.8 Å². The van der Waals surface area contributed by atoms with E-state index in [0.717, 1.165) is 11.1 Å². The highest BCUT2D eigenvalue weighted by Crippen LogP contribution is 2.26. The SMILES string of the molecule is CNC(=O)[C@H](N[C@@H](CCCc1ccccc1F)c1ccc(F)c(C)c1)c1ccccc1. The Morgan fingerprint density at radius 2 is 1.61 bits per heavy atom. The number of hydrogen-bond donors (Lipinski definition) is 2. The molecule has 3 aromatic carbocycles. The smallest absolute Gasteiger partial charge is 0.241 e. The zero-order chi connectivity index (χ0) is 22.2. The fourth-order valence-electron chi connectivity index (χ4n) is 3.74. The lowest BCUT2D eigenvalue weighted by molar-refractivity contribution is -0.123. The van der Waals surface area contributed by atoms with Crippen LogP contribution in [0.5, 0.6) is 0 Å². The molecule has 5 heteroatoms. The van der Waals surface area contributed by atoms with Gasteiger partial charge in [0, 0.05) is 13.1 Å². The Bertz CT molecular complexity index is 1010. The molecule has 0 fully saturated rings. The third-order valence-electron chi connectivity index (χ3n) is 5.49. The van der Waals surface area contributed by atoms with Gasteiger partial charge in [-0.3, -0.25) is 10.1 Å². The van der Waals surface area contributed by atoms with Crippen molar-refractivity contribution in [3.63, 3.8) is 0 Å². The van der Waals surface area contributed by atoms with Crippen molar-refractivity contribution in [2.24, 2.45) is 0 Å². The fraction of sp³-hybridized carbons (Fsp3) is 0.269. The van der Waals surface area contributed by atoms with Gasteiger partial charge in [-0.1, -0.05) is 60.7 Å². The van der Waals surface area contributed by atoms with Gasteiger partial charge in [0.1, 0.15) is 17.7 Å². The van der Waals surface area contributed by atoms with Crippen LogP contribution in [0.4, 0.5) is 8.78 Å². The van der Waals surface area contributed by atoms with Crippen molar-refractivity contribution in [1.82, 2.24) is 10.6 Å². The van der Waals surface area contributed by atoms with Gasteiger partial charge >= 0.3 is 0 Å². The maximum atomic E-state index is 14.0. The molecule has 0 aliphatic heterocycles. The Balaban J connectivity index is 1.84. The Hall–Kier alpha value is -3.05. The van der Waals surface area contributed by atoms with Crippen molar-refractivity contribution >= 4 is 5.91 Å². The number of carbonyl (C=O) groups excluding carboxylic acids is 1. The molecule has 2 N–H and O–H groups in total. The second kappa shape index (κ2) is 10.8. The maximum Gasteiger partial charge on any atom is 0.241 e. The molecule has 3 rings (SSSR count). The number of hydrogen-bond acceptors (Lipinski definition) is 2. The molecule has 0 unspecified atom stereocenters. The first-order valence-electron chi connectivity index (χ1n) is 10.5. The van der Waals surface area contributed by atoms with E-state index in [1.807, 2.05) is 42.5 Å². The van der Waals surface area contributed by atoms with Crippen molar-refractivity contribution in [2.75, 3.05) is 7.05 Å². The minimum atomic E-state index is -0.560. The second-order valence-corrected chi connectivity index (χ2v) is 7.67. The first-order valence-corrected chi connectivity index (χ1v) is 10.5. The number of likely N-dealkylation sites (N-methyl/N-ethyl adjacent to an activating group) is 1. The molecule has 31 heavy (non-hydrogen) atoms. The molecule has 0 aliphatic carbocycles. The Morgan fingerprint density at radius 1 is 0.903 bits per heavy atom. The molecule has 3 aromatic rings. The molecular formula is C26H28F2N2O. The minimum Gasteiger partial charge on any atom is -0.358 e. The lowest BCUT2D eigenvalue weighted by atomic mass is 9.95. The number of rotatable bonds is 9. The van der Waals surface area contributed by atoms with Gasteiger partial charge < -0.3 is 5.32 Å². The predicted molar refractivity (Wildman–Crippen MR) is 120 cm³/mol. The summed E-state index contributed by atoms with van der Waals surface area (Å²) in [6.07, 6.45) is 1.96. The highest BCUT2D eigenvalue weighted by atomic mass is 19.1. The summed E-state index contributed by atoms with van der Waals surface area (Å²) in [5.41, 5.74) is 2.97. The van der Waals surface area contributed by atoms with Gasteiger partial charge in [-0.05, 0) is 60.6 Å². The monoisotopic (exact) mass is 422 g/mol. The average molecular weight is 423 g/mol. The molecule has 0 saturated heterocycles. The van der Waals surface area contributed by atoms with Gasteiger partial charge in [-0.15, -0.1) is 0 Å². The Kier molecular flexibility index (Phi) is 7.90. The maximum absolute atomic E-state index is 14.0. The van der Waals surface area contributed by atoms with Crippen LogP contribution >= 0.6 is 0 Å². The molecule has 0 aromatic heterocycles. The number of nitrogens with one attached hydrogen (secondary N) is 2. The Labute approximate surface area is 182 Å². The van der Waals surface area contributed by atoms with Gasteiger partial charge in [0.15, 0.2) is 0 Å². The van der Waals surface area contributed by atoms with Crippen molar-refractivity contribution in [3.05, 3.63) is 107 Å². The highest BCUT2D eigenvalue weighted by molar-refractivity contribution is 5.83. The molecule has 0 aliphatic rings. The molecule has 0 spiro atoms. The minimum absolute atomic E-state index is 0.149. The fourth-order valence-corrected chi connectivity index (χ4v) is 3.74. The van der Waals surface area contributed by atoms with E-state index in [4.69, 9.17) is 0 Å². The molecular weight excluding hydrogens is 394 g/mol. The van der Waals surface area contributed by atoms with Gasteiger partial charge in [0.25, 0.3) is 0 Å². The largest absolute Gasteiger partial charge is 0.358 e. The standard InChI is InChI=1S/C26H28F2N2O/c1-18-17-21(15-16-22(18)27)24(14-8-12-19-9-6-7-13-23(19)28)30-25(26(31)29-2)20-10-4-3-5-11-20/h3-7,9-11,13,15-17,24-25,30H,8,12,14H2,1-2H3,(H,29,31)/t24-,25+/m0/s1. The first kappa shape index (κ1) is 22.6. The number of benzene rings is 3. The third-order valence-corrected chi connectivity index (χ3v) is 5.49. The summed E-state index contributed by atoms with van der Waals surface area (Å²) >= 11 is 0. The zero-order valence-corrected chi connectivity index (χ0v) is 17.9. The van der Waals surface area contributed by atoms with E-state index in [1.165, 1.54) is 12.1 Å². The zero-order valence-electron chi connectivity index (χ0n) is 17.9. The lowest BCUT2D eigenvalue weighted by Crippen LogP contribution is -2.38. The Morgan fingerprint density at radius 3 is 2.29 bits per heavy atom. The van der Waals surface area contributed by atoms with E-state index < -0.39 is 6.04 Å². The normalized spacial score (nSPS) is 12.9. The van der Waals surface area contributed by atoms with Crippen LogP contribution in [0, 0.1) is 18.6 Å². The first-order chi connectivity index (χ1) is 15.0. The van der Waals surface area contributed by atoms with E-state index in [1.54, 1.807) is 32.2 Å². The van der Waals surface area contributed by atoms with Crippen molar-refractivity contribution < 1.29 is 13.6 Å². The van der Waals surface area contributed by atoms with Crippen molar-refractivity contribution in [1.29, 1.82) is 0 Å². The summed E-state index contributed by atoms with van der Waals surface area (Å²) < 4.78 is 27.9. The van der Waals surface area contributed by atoms with Crippen molar-refractivity contribution in [2.45, 2.75) is 38.3 Å². The van der Waals surface area contributed by atoms with E-state index in [-0.39, 0.29) is 23.6 Å². The van der Waals surface area contributed by atoms with Crippen molar-refractivity contribution in [3.8, 4) is 0 Å². The van der Waals surface area contributed by atoms with Crippen LogP contribution in [0.3, 0.4) is 0 Å². The van der Waals surface area contributed by atoms with Crippen LogP contribution < -0.4 is 10.6 Å². The molecule has 0 radical (unpaired) electrons. The van der Waals surface area contributed by atoms with Gasteiger partial charge in [-0.2, -0.15) is 0 Å². The van der Waals surface area contributed by atoms with Crippen LogP contribution in [0.2, 0.25) is 0 Å². The summed E-state index contributed by atoms with van der Waals surface area (Å²) in [6.45, 7) is 1.72.